The summed E-state index contributed by atoms with van der Waals surface area (Å²) in [6.07, 6.45) is -0.553. The lowest BCUT2D eigenvalue weighted by molar-refractivity contribution is -0.256. The molecule has 1 fully saturated rings. The van der Waals surface area contributed by atoms with Gasteiger partial charge in [-0.05, 0) is 24.0 Å². The monoisotopic (exact) mass is 409 g/mol. The van der Waals surface area contributed by atoms with Crippen LogP contribution < -0.4 is 5.73 Å². The van der Waals surface area contributed by atoms with Crippen LogP contribution in [0.15, 0.2) is 30.3 Å². The van der Waals surface area contributed by atoms with Crippen molar-refractivity contribution in [1.29, 1.82) is 0 Å². The van der Waals surface area contributed by atoms with E-state index in [1.807, 2.05) is 18.2 Å². The molecule has 0 radical (unpaired) electrons. The van der Waals surface area contributed by atoms with Crippen LogP contribution in [-0.2, 0) is 23.7 Å². The Morgan fingerprint density at radius 2 is 1.59 bits per heavy atom. The predicted octanol–water partition coefficient (Wildman–Crippen LogP) is 2.49. The Bertz CT molecular complexity index is 584. The third kappa shape index (κ3) is 7.68. The predicted molar refractivity (Wildman–Crippen MR) is 110 cm³/mol. The molecule has 0 aliphatic carbocycles. The standard InChI is InChI=1S/C22H35NO6/c1-16-17(2)20(15-28-21(24)19-7-5-4-6-8-19)29-22(18(16)3)27-14-13-26-12-11-25-10-9-23/h4-8,16-18,20,22H,9-15,23H2,1-3H3/t16-,17-,18?,20?,22-/m0/s1. The van der Waals surface area contributed by atoms with Gasteiger partial charge < -0.3 is 29.4 Å². The number of hydrogen-bond acceptors (Lipinski definition) is 7. The van der Waals surface area contributed by atoms with Crippen molar-refractivity contribution in [3.8, 4) is 0 Å². The van der Waals surface area contributed by atoms with E-state index in [1.54, 1.807) is 12.1 Å². The molecular weight excluding hydrogens is 374 g/mol. The fourth-order valence-electron chi connectivity index (χ4n) is 3.31. The second-order valence-corrected chi connectivity index (χ2v) is 7.47. The summed E-state index contributed by atoms with van der Waals surface area (Å²) in [6.45, 7) is 9.64. The lowest BCUT2D eigenvalue weighted by Crippen LogP contribution is -2.48. The number of rotatable bonds is 12. The summed E-state index contributed by atoms with van der Waals surface area (Å²) in [7, 11) is 0. The van der Waals surface area contributed by atoms with Crippen LogP contribution in [0.2, 0.25) is 0 Å². The molecule has 0 saturated carbocycles. The Morgan fingerprint density at radius 3 is 2.28 bits per heavy atom. The van der Waals surface area contributed by atoms with Crippen LogP contribution in [0.5, 0.6) is 0 Å². The van der Waals surface area contributed by atoms with E-state index in [1.165, 1.54) is 0 Å². The molecule has 5 atom stereocenters. The van der Waals surface area contributed by atoms with Gasteiger partial charge in [0.2, 0.25) is 0 Å². The second kappa shape index (κ2) is 12.9. The van der Waals surface area contributed by atoms with Gasteiger partial charge >= 0.3 is 5.97 Å². The van der Waals surface area contributed by atoms with Crippen molar-refractivity contribution in [2.45, 2.75) is 33.2 Å². The summed E-state index contributed by atoms with van der Waals surface area (Å²) in [4.78, 5) is 12.2. The van der Waals surface area contributed by atoms with Crippen LogP contribution in [0.25, 0.3) is 0 Å². The van der Waals surface area contributed by atoms with Gasteiger partial charge in [-0.25, -0.2) is 4.79 Å². The number of hydrogen-bond donors (Lipinski definition) is 1. The first-order valence-corrected chi connectivity index (χ1v) is 10.4. The average Bonchev–Trinajstić information content (AvgIpc) is 2.75. The van der Waals surface area contributed by atoms with Crippen molar-refractivity contribution in [2.24, 2.45) is 23.5 Å². The highest BCUT2D eigenvalue weighted by Gasteiger charge is 2.40. The van der Waals surface area contributed by atoms with Gasteiger partial charge in [0, 0.05) is 12.5 Å². The highest BCUT2D eigenvalue weighted by Crippen LogP contribution is 2.35. The van der Waals surface area contributed by atoms with Crippen molar-refractivity contribution < 1.29 is 28.5 Å². The molecule has 2 unspecified atom stereocenters. The molecular formula is C22H35NO6. The number of benzene rings is 1. The van der Waals surface area contributed by atoms with E-state index in [0.29, 0.717) is 51.1 Å². The van der Waals surface area contributed by atoms with Gasteiger partial charge in [-0.1, -0.05) is 39.0 Å². The number of carbonyl (C=O) groups excluding carboxylic acids is 1. The Balaban J connectivity index is 1.74. The Morgan fingerprint density at radius 1 is 0.931 bits per heavy atom. The molecule has 1 aliphatic rings. The molecule has 7 nitrogen and oxygen atoms in total. The van der Waals surface area contributed by atoms with Crippen molar-refractivity contribution in [2.75, 3.05) is 46.2 Å². The number of esters is 1. The van der Waals surface area contributed by atoms with Crippen LogP contribution in [0, 0.1) is 17.8 Å². The maximum Gasteiger partial charge on any atom is 0.338 e. The molecule has 0 aromatic heterocycles. The fraction of sp³-hybridized carbons (Fsp3) is 0.682. The van der Waals surface area contributed by atoms with Gasteiger partial charge in [-0.2, -0.15) is 0 Å². The van der Waals surface area contributed by atoms with Crippen LogP contribution in [0.4, 0.5) is 0 Å². The van der Waals surface area contributed by atoms with E-state index in [0.717, 1.165) is 0 Å². The van der Waals surface area contributed by atoms with Crippen LogP contribution in [0.1, 0.15) is 31.1 Å². The van der Waals surface area contributed by atoms with Gasteiger partial charge in [0.15, 0.2) is 6.29 Å². The molecule has 0 spiro atoms. The third-order valence-electron chi connectivity index (χ3n) is 5.52. The van der Waals surface area contributed by atoms with E-state index in [-0.39, 0.29) is 36.8 Å². The SMILES string of the molecule is CC1[C@@H](OCCOCCOCCN)OC(COC(=O)c2ccccc2)[C@@H](C)[C@@H]1C. The van der Waals surface area contributed by atoms with Crippen molar-refractivity contribution in [3.05, 3.63) is 35.9 Å². The molecule has 1 heterocycles. The minimum atomic E-state index is -0.348. The summed E-state index contributed by atoms with van der Waals surface area (Å²) >= 11 is 0. The Labute approximate surface area is 173 Å². The molecule has 2 rings (SSSR count). The highest BCUT2D eigenvalue weighted by molar-refractivity contribution is 5.89. The topological polar surface area (TPSA) is 89.2 Å². The molecule has 1 aliphatic heterocycles. The lowest BCUT2D eigenvalue weighted by Gasteiger charge is -2.43. The summed E-state index contributed by atoms with van der Waals surface area (Å²) in [5.41, 5.74) is 5.90. The zero-order valence-corrected chi connectivity index (χ0v) is 17.8. The minimum absolute atomic E-state index is 0.204. The van der Waals surface area contributed by atoms with Crippen LogP contribution >= 0.6 is 0 Å². The first kappa shape index (κ1) is 23.8. The van der Waals surface area contributed by atoms with Crippen molar-refractivity contribution in [1.82, 2.24) is 0 Å². The second-order valence-electron chi connectivity index (χ2n) is 7.47. The summed E-state index contributed by atoms with van der Waals surface area (Å²) in [5, 5.41) is 0. The lowest BCUT2D eigenvalue weighted by atomic mass is 9.79. The fourth-order valence-corrected chi connectivity index (χ4v) is 3.31. The maximum atomic E-state index is 12.2. The molecule has 7 heteroatoms. The first-order chi connectivity index (χ1) is 14.0. The smallest absolute Gasteiger partial charge is 0.338 e. The molecule has 1 aromatic carbocycles. The quantitative estimate of drug-likeness (QED) is 0.419. The maximum absolute atomic E-state index is 12.2. The number of nitrogens with two attached hydrogens (primary N) is 1. The van der Waals surface area contributed by atoms with E-state index in [2.05, 4.69) is 20.8 Å². The molecule has 0 amide bonds. The number of ether oxygens (including phenoxy) is 5. The molecule has 29 heavy (non-hydrogen) atoms. The minimum Gasteiger partial charge on any atom is -0.459 e. The third-order valence-corrected chi connectivity index (χ3v) is 5.52. The van der Waals surface area contributed by atoms with Gasteiger partial charge in [-0.3, -0.25) is 0 Å². The molecule has 1 saturated heterocycles. The normalized spacial score (nSPS) is 27.0. The van der Waals surface area contributed by atoms with Gasteiger partial charge in [0.25, 0.3) is 0 Å². The van der Waals surface area contributed by atoms with E-state index in [4.69, 9.17) is 29.4 Å². The van der Waals surface area contributed by atoms with Crippen LogP contribution in [0.3, 0.4) is 0 Å². The Hall–Kier alpha value is -1.51. The Kier molecular flexibility index (Phi) is 10.6. The van der Waals surface area contributed by atoms with Gasteiger partial charge in [-0.15, -0.1) is 0 Å². The molecule has 2 N–H and O–H groups in total. The van der Waals surface area contributed by atoms with E-state index in [9.17, 15) is 4.79 Å². The van der Waals surface area contributed by atoms with E-state index < -0.39 is 0 Å². The van der Waals surface area contributed by atoms with Crippen LogP contribution in [-0.4, -0.2) is 64.5 Å². The summed E-state index contributed by atoms with van der Waals surface area (Å²) in [5.74, 6) is 0.526. The van der Waals surface area contributed by atoms with Crippen molar-refractivity contribution in [3.63, 3.8) is 0 Å². The zero-order valence-electron chi connectivity index (χ0n) is 17.8. The highest BCUT2D eigenvalue weighted by atomic mass is 16.7. The van der Waals surface area contributed by atoms with Gasteiger partial charge in [0.1, 0.15) is 6.61 Å². The first-order valence-electron chi connectivity index (χ1n) is 10.4. The van der Waals surface area contributed by atoms with E-state index >= 15 is 0 Å². The molecule has 0 bridgehead atoms. The number of carbonyl (C=O) groups is 1. The summed E-state index contributed by atoms with van der Waals surface area (Å²) in [6, 6.07) is 8.98. The largest absolute Gasteiger partial charge is 0.459 e. The molecule has 164 valence electrons. The summed E-state index contributed by atoms with van der Waals surface area (Å²) < 4.78 is 28.3. The molecule has 1 aromatic rings. The van der Waals surface area contributed by atoms with Crippen molar-refractivity contribution >= 4 is 5.97 Å². The average molecular weight is 410 g/mol. The van der Waals surface area contributed by atoms with Gasteiger partial charge in [0.05, 0.1) is 44.7 Å². The zero-order chi connectivity index (χ0) is 21.1.